The predicted molar refractivity (Wildman–Crippen MR) is 164 cm³/mol. The third-order valence-corrected chi connectivity index (χ3v) is 7.83. The average Bonchev–Trinajstić information content (AvgIpc) is 3.52. The van der Waals surface area contributed by atoms with Crippen molar-refractivity contribution in [3.8, 4) is 18.4 Å². The summed E-state index contributed by atoms with van der Waals surface area (Å²) in [6.07, 6.45) is 15.7. The maximum atomic E-state index is 10.1. The molecule has 0 saturated heterocycles. The maximum absolute atomic E-state index is 10.1. The minimum atomic E-state index is -0.250. The van der Waals surface area contributed by atoms with Crippen molar-refractivity contribution in [2.75, 3.05) is 17.2 Å². The third kappa shape index (κ3) is 5.11. The maximum Gasteiger partial charge on any atom is 0.102 e. The lowest BCUT2D eigenvalue weighted by molar-refractivity contribution is 0.190. The standard InChI is InChI=1S/C33H34N8/c1-6-21-18-36-30-23(16-34)14-24(15-27(30)29(21)37-20-32(2,3)4)38-31(28-19-41(40-39-28)33(5)11-12-33)26-9-7-8-22-17-35-13-10-25(22)26/h1,7-10,13-15,17-19,31,38-40H,11-12,20H2,2-5H3,(H,36,37)/t31-/m0/s1. The Bertz CT molecular complexity index is 1760. The van der Waals surface area contributed by atoms with Crippen molar-refractivity contribution < 1.29 is 0 Å². The van der Waals surface area contributed by atoms with Gasteiger partial charge in [-0.05, 0) is 54.3 Å². The van der Waals surface area contributed by atoms with Crippen LogP contribution in [-0.2, 0) is 0 Å². The summed E-state index contributed by atoms with van der Waals surface area (Å²) in [6.45, 7) is 9.46. The van der Waals surface area contributed by atoms with Crippen LogP contribution in [0, 0.1) is 29.1 Å². The number of hydrazine groups is 2. The number of nitrogens with zero attached hydrogens (tertiary/aromatic N) is 4. The largest absolute Gasteiger partial charge is 0.383 e. The molecule has 1 atom stereocenters. The average molecular weight is 543 g/mol. The van der Waals surface area contributed by atoms with E-state index in [-0.39, 0.29) is 17.0 Å². The van der Waals surface area contributed by atoms with Gasteiger partial charge in [-0.15, -0.1) is 12.0 Å². The molecule has 2 aliphatic rings. The fourth-order valence-electron chi connectivity index (χ4n) is 5.20. The fourth-order valence-corrected chi connectivity index (χ4v) is 5.20. The predicted octanol–water partition coefficient (Wildman–Crippen LogP) is 5.97. The van der Waals surface area contributed by atoms with E-state index < -0.39 is 0 Å². The number of nitriles is 1. The van der Waals surface area contributed by atoms with Gasteiger partial charge in [0.1, 0.15) is 6.07 Å². The molecule has 4 aromatic rings. The van der Waals surface area contributed by atoms with Gasteiger partial charge >= 0.3 is 0 Å². The lowest BCUT2D eigenvalue weighted by atomic mass is 9.96. The molecule has 0 unspecified atom stereocenters. The van der Waals surface area contributed by atoms with E-state index in [1.165, 1.54) is 0 Å². The highest BCUT2D eigenvalue weighted by molar-refractivity contribution is 5.99. The summed E-state index contributed by atoms with van der Waals surface area (Å²) in [5.41, 5.74) is 12.3. The normalized spacial score (nSPS) is 16.4. The molecule has 0 bridgehead atoms. The summed E-state index contributed by atoms with van der Waals surface area (Å²) in [4.78, 5) is 8.92. The van der Waals surface area contributed by atoms with Crippen LogP contribution in [0.25, 0.3) is 21.7 Å². The van der Waals surface area contributed by atoms with Gasteiger partial charge in [-0.2, -0.15) is 5.26 Å². The van der Waals surface area contributed by atoms with Crippen LogP contribution in [0.15, 0.2) is 66.9 Å². The molecule has 1 saturated carbocycles. The molecule has 8 nitrogen and oxygen atoms in total. The van der Waals surface area contributed by atoms with E-state index >= 15 is 0 Å². The van der Waals surface area contributed by atoms with Crippen LogP contribution in [0.4, 0.5) is 11.4 Å². The molecule has 6 rings (SSSR count). The van der Waals surface area contributed by atoms with E-state index in [2.05, 4.69) is 101 Å². The van der Waals surface area contributed by atoms with Crippen molar-refractivity contribution in [1.82, 2.24) is 25.9 Å². The number of aromatic nitrogens is 2. The molecule has 1 fully saturated rings. The Morgan fingerprint density at radius 2 is 1.98 bits per heavy atom. The van der Waals surface area contributed by atoms with E-state index in [0.29, 0.717) is 23.2 Å². The summed E-state index contributed by atoms with van der Waals surface area (Å²) >= 11 is 0. The molecular formula is C33H34N8. The number of pyridine rings is 2. The number of hydrogen-bond donors (Lipinski definition) is 4. The smallest absolute Gasteiger partial charge is 0.102 e. The molecule has 4 N–H and O–H groups in total. The third-order valence-electron chi connectivity index (χ3n) is 7.83. The molecule has 206 valence electrons. The first-order valence-electron chi connectivity index (χ1n) is 13.9. The second kappa shape index (κ2) is 9.99. The van der Waals surface area contributed by atoms with Crippen molar-refractivity contribution in [2.24, 2.45) is 5.41 Å². The lowest BCUT2D eigenvalue weighted by Crippen LogP contribution is -2.43. The summed E-state index contributed by atoms with van der Waals surface area (Å²) in [5, 5.41) is 22.6. The SMILES string of the molecule is C#Cc1cnc2c(C#N)cc(N[C@H](C3=CN(C4(C)CC4)NN3)c3cccc4cnccc34)cc2c1NCC(C)(C)C. The molecule has 3 heterocycles. The number of benzene rings is 2. The Hall–Kier alpha value is -4.79. The van der Waals surface area contributed by atoms with E-state index in [4.69, 9.17) is 6.42 Å². The van der Waals surface area contributed by atoms with Crippen LogP contribution < -0.4 is 21.6 Å². The zero-order chi connectivity index (χ0) is 28.8. The van der Waals surface area contributed by atoms with E-state index in [1.807, 2.05) is 30.6 Å². The number of hydrogen-bond acceptors (Lipinski definition) is 8. The van der Waals surface area contributed by atoms with Gasteiger partial charge in [-0.3, -0.25) is 15.0 Å². The number of terminal acetylenes is 1. The monoisotopic (exact) mass is 542 g/mol. The fraction of sp³-hybridized carbons (Fsp3) is 0.303. The Morgan fingerprint density at radius 1 is 1.15 bits per heavy atom. The summed E-state index contributed by atoms with van der Waals surface area (Å²) in [7, 11) is 0. The van der Waals surface area contributed by atoms with Crippen LogP contribution >= 0.6 is 0 Å². The van der Waals surface area contributed by atoms with E-state index in [0.717, 1.165) is 51.6 Å². The highest BCUT2D eigenvalue weighted by atomic mass is 15.7. The molecular weight excluding hydrogens is 508 g/mol. The molecule has 0 radical (unpaired) electrons. The molecule has 1 aliphatic heterocycles. The molecule has 0 spiro atoms. The number of anilines is 2. The molecule has 41 heavy (non-hydrogen) atoms. The first-order chi connectivity index (χ1) is 19.7. The van der Waals surface area contributed by atoms with Gasteiger partial charge < -0.3 is 16.1 Å². The molecule has 8 heteroatoms. The van der Waals surface area contributed by atoms with E-state index in [9.17, 15) is 5.26 Å². The minimum absolute atomic E-state index is 0.0292. The Labute approximate surface area is 240 Å². The van der Waals surface area contributed by atoms with Crippen LogP contribution in [0.3, 0.4) is 0 Å². The molecule has 0 amide bonds. The van der Waals surface area contributed by atoms with Gasteiger partial charge in [0.2, 0.25) is 0 Å². The number of fused-ring (bicyclic) bond motifs is 2. The second-order valence-electron chi connectivity index (χ2n) is 12.3. The van der Waals surface area contributed by atoms with Crippen molar-refractivity contribution in [3.05, 3.63) is 83.6 Å². The Balaban J connectivity index is 1.49. The number of rotatable bonds is 7. The summed E-state index contributed by atoms with van der Waals surface area (Å²) in [6, 6.07) is 14.3. The van der Waals surface area contributed by atoms with Crippen molar-refractivity contribution in [2.45, 2.75) is 52.1 Å². The zero-order valence-electron chi connectivity index (χ0n) is 23.8. The van der Waals surface area contributed by atoms with Gasteiger partial charge in [0.15, 0.2) is 0 Å². The molecule has 1 aliphatic carbocycles. The van der Waals surface area contributed by atoms with Crippen molar-refractivity contribution >= 4 is 33.1 Å². The lowest BCUT2D eigenvalue weighted by Gasteiger charge is -2.24. The summed E-state index contributed by atoms with van der Waals surface area (Å²) < 4.78 is 0. The Kier molecular flexibility index (Phi) is 6.44. The van der Waals surface area contributed by atoms with Crippen LogP contribution in [0.1, 0.15) is 63.3 Å². The quantitative estimate of drug-likeness (QED) is 0.212. The van der Waals surface area contributed by atoms with Gasteiger partial charge in [-0.1, -0.05) is 44.9 Å². The highest BCUT2D eigenvalue weighted by Crippen LogP contribution is 2.42. The summed E-state index contributed by atoms with van der Waals surface area (Å²) in [5.74, 6) is 2.77. The van der Waals surface area contributed by atoms with Crippen molar-refractivity contribution in [1.29, 1.82) is 5.26 Å². The zero-order valence-corrected chi connectivity index (χ0v) is 23.8. The second-order valence-corrected chi connectivity index (χ2v) is 12.3. The van der Waals surface area contributed by atoms with Gasteiger partial charge in [-0.25, -0.2) is 0 Å². The van der Waals surface area contributed by atoms with Gasteiger partial charge in [0, 0.05) is 47.8 Å². The first-order valence-corrected chi connectivity index (χ1v) is 13.9. The van der Waals surface area contributed by atoms with Crippen LogP contribution in [0.2, 0.25) is 0 Å². The minimum Gasteiger partial charge on any atom is -0.383 e. The van der Waals surface area contributed by atoms with Crippen LogP contribution in [0.5, 0.6) is 0 Å². The van der Waals surface area contributed by atoms with E-state index in [1.54, 1.807) is 6.20 Å². The number of nitrogens with one attached hydrogen (secondary N) is 4. The van der Waals surface area contributed by atoms with Crippen molar-refractivity contribution in [3.63, 3.8) is 0 Å². The first kappa shape index (κ1) is 26.4. The Morgan fingerprint density at radius 3 is 2.71 bits per heavy atom. The van der Waals surface area contributed by atoms with Crippen LogP contribution in [-0.4, -0.2) is 27.1 Å². The topological polar surface area (TPSA) is 101 Å². The van der Waals surface area contributed by atoms with Gasteiger partial charge in [0.25, 0.3) is 0 Å². The molecule has 2 aromatic carbocycles. The highest BCUT2D eigenvalue weighted by Gasteiger charge is 2.44. The van der Waals surface area contributed by atoms with Gasteiger partial charge in [0.05, 0.1) is 39.6 Å². The molecule has 2 aromatic heterocycles.